The minimum absolute atomic E-state index is 0.0244. The van der Waals surface area contributed by atoms with Crippen molar-refractivity contribution in [2.75, 3.05) is 13.7 Å². The van der Waals surface area contributed by atoms with Crippen LogP contribution in [0.1, 0.15) is 31.5 Å². The number of imide groups is 1. The quantitative estimate of drug-likeness (QED) is 0.776. The zero-order valence-corrected chi connectivity index (χ0v) is 12.7. The number of aromatic nitrogens is 2. The maximum absolute atomic E-state index is 12.4. The fourth-order valence-corrected chi connectivity index (χ4v) is 3.45. The number of rotatable bonds is 4. The van der Waals surface area contributed by atoms with Crippen LogP contribution in [-0.4, -0.2) is 44.9 Å². The molecular formula is C15H22N4O2. The summed E-state index contributed by atoms with van der Waals surface area (Å²) < 4.78 is 1.95. The van der Waals surface area contributed by atoms with E-state index in [1.165, 1.54) is 4.90 Å². The van der Waals surface area contributed by atoms with E-state index in [9.17, 15) is 9.59 Å². The molecule has 2 aliphatic rings. The van der Waals surface area contributed by atoms with Crippen LogP contribution >= 0.6 is 0 Å². The monoisotopic (exact) mass is 290 g/mol. The number of nitrogens with zero attached hydrogens (tertiary/aromatic N) is 4. The minimum atomic E-state index is -0.0622. The Morgan fingerprint density at radius 3 is 2.38 bits per heavy atom. The number of amides is 2. The number of carbonyl (C=O) groups excluding carboxylic acids is 2. The Bertz CT molecular complexity index is 530. The van der Waals surface area contributed by atoms with Gasteiger partial charge in [-0.2, -0.15) is 0 Å². The molecule has 6 nitrogen and oxygen atoms in total. The smallest absolute Gasteiger partial charge is 0.234 e. The van der Waals surface area contributed by atoms with Crippen LogP contribution in [0, 0.1) is 11.8 Å². The van der Waals surface area contributed by atoms with Gasteiger partial charge in [0.1, 0.15) is 5.82 Å². The van der Waals surface area contributed by atoms with Crippen LogP contribution in [0.4, 0.5) is 0 Å². The van der Waals surface area contributed by atoms with Crippen LogP contribution < -0.4 is 0 Å². The van der Waals surface area contributed by atoms with Gasteiger partial charge >= 0.3 is 0 Å². The lowest BCUT2D eigenvalue weighted by atomic mass is 9.81. The first-order valence-electron chi connectivity index (χ1n) is 7.58. The standard InChI is InChI=1S/C15H22N4O2/c1-17(9-13-16-7-8-18(13)2)10-19-14(20)11-5-3-4-6-12(11)15(19)21/h7-8,11-12H,3-6,9-10H2,1-2H3. The molecule has 1 aromatic heterocycles. The van der Waals surface area contributed by atoms with Crippen LogP contribution in [0.25, 0.3) is 0 Å². The van der Waals surface area contributed by atoms with Gasteiger partial charge in [0.25, 0.3) is 0 Å². The summed E-state index contributed by atoms with van der Waals surface area (Å²) in [4.78, 5) is 32.5. The number of hydrogen-bond donors (Lipinski definition) is 0. The van der Waals surface area contributed by atoms with Gasteiger partial charge in [-0.3, -0.25) is 19.4 Å². The summed E-state index contributed by atoms with van der Waals surface area (Å²) in [5, 5.41) is 0. The Morgan fingerprint density at radius 2 is 1.86 bits per heavy atom. The van der Waals surface area contributed by atoms with Crippen LogP contribution in [-0.2, 0) is 23.2 Å². The van der Waals surface area contributed by atoms with Crippen molar-refractivity contribution in [1.82, 2.24) is 19.4 Å². The molecular weight excluding hydrogens is 268 g/mol. The van der Waals surface area contributed by atoms with Gasteiger partial charge in [-0.1, -0.05) is 12.8 Å². The summed E-state index contributed by atoms with van der Waals surface area (Å²) in [5.74, 6) is 0.849. The van der Waals surface area contributed by atoms with Crippen molar-refractivity contribution in [3.05, 3.63) is 18.2 Å². The van der Waals surface area contributed by atoms with E-state index in [1.807, 2.05) is 29.8 Å². The largest absolute Gasteiger partial charge is 0.337 e. The number of likely N-dealkylation sites (tertiary alicyclic amines) is 1. The van der Waals surface area contributed by atoms with Crippen LogP contribution in [0.3, 0.4) is 0 Å². The molecule has 21 heavy (non-hydrogen) atoms. The summed E-state index contributed by atoms with van der Waals surface area (Å²) in [5.41, 5.74) is 0. The molecule has 2 atom stereocenters. The highest BCUT2D eigenvalue weighted by Gasteiger charge is 2.48. The van der Waals surface area contributed by atoms with Gasteiger partial charge in [0, 0.05) is 19.4 Å². The van der Waals surface area contributed by atoms with Crippen molar-refractivity contribution < 1.29 is 9.59 Å². The van der Waals surface area contributed by atoms with Gasteiger partial charge in [0.2, 0.25) is 11.8 Å². The summed E-state index contributed by atoms with van der Waals surface area (Å²) in [6.07, 6.45) is 7.52. The number of imidazole rings is 1. The van der Waals surface area contributed by atoms with Crippen molar-refractivity contribution in [2.24, 2.45) is 18.9 Å². The predicted octanol–water partition coefficient (Wildman–Crippen LogP) is 0.985. The molecule has 2 unspecified atom stereocenters. The van der Waals surface area contributed by atoms with Crippen LogP contribution in [0.5, 0.6) is 0 Å². The Kier molecular flexibility index (Phi) is 3.80. The average Bonchev–Trinajstić information content (AvgIpc) is 2.97. The van der Waals surface area contributed by atoms with E-state index in [0.717, 1.165) is 31.5 Å². The Labute approximate surface area is 124 Å². The first-order valence-corrected chi connectivity index (χ1v) is 7.58. The molecule has 0 aromatic carbocycles. The zero-order chi connectivity index (χ0) is 15.0. The molecule has 0 radical (unpaired) electrons. The molecule has 1 aliphatic heterocycles. The van der Waals surface area contributed by atoms with Gasteiger partial charge in [0.05, 0.1) is 25.0 Å². The van der Waals surface area contributed by atoms with Crippen molar-refractivity contribution in [1.29, 1.82) is 0 Å². The van der Waals surface area contributed by atoms with Gasteiger partial charge in [-0.25, -0.2) is 4.98 Å². The SMILES string of the molecule is CN(Cc1nccn1C)CN1C(=O)C2CCCCC2C1=O. The van der Waals surface area contributed by atoms with Gasteiger partial charge in [-0.05, 0) is 19.9 Å². The number of aryl methyl sites for hydroxylation is 1. The topological polar surface area (TPSA) is 58.4 Å². The maximum Gasteiger partial charge on any atom is 0.234 e. The van der Waals surface area contributed by atoms with Gasteiger partial charge in [-0.15, -0.1) is 0 Å². The normalized spacial score (nSPS) is 25.8. The zero-order valence-electron chi connectivity index (χ0n) is 12.7. The first kappa shape index (κ1) is 14.3. The van der Waals surface area contributed by atoms with E-state index in [4.69, 9.17) is 0 Å². The van der Waals surface area contributed by atoms with E-state index in [0.29, 0.717) is 13.2 Å². The average molecular weight is 290 g/mol. The third-order valence-corrected chi connectivity index (χ3v) is 4.65. The molecule has 0 N–H and O–H groups in total. The van der Waals surface area contributed by atoms with E-state index in [2.05, 4.69) is 4.98 Å². The van der Waals surface area contributed by atoms with Crippen molar-refractivity contribution in [3.63, 3.8) is 0 Å². The molecule has 114 valence electrons. The van der Waals surface area contributed by atoms with Crippen molar-refractivity contribution in [2.45, 2.75) is 32.2 Å². The van der Waals surface area contributed by atoms with E-state index in [-0.39, 0.29) is 23.7 Å². The highest BCUT2D eigenvalue weighted by molar-refractivity contribution is 6.05. The third-order valence-electron chi connectivity index (χ3n) is 4.65. The van der Waals surface area contributed by atoms with Crippen molar-refractivity contribution in [3.8, 4) is 0 Å². The van der Waals surface area contributed by atoms with E-state index < -0.39 is 0 Å². The minimum Gasteiger partial charge on any atom is -0.337 e. The van der Waals surface area contributed by atoms with E-state index >= 15 is 0 Å². The van der Waals surface area contributed by atoms with Gasteiger partial charge in [0.15, 0.2) is 0 Å². The number of carbonyl (C=O) groups is 2. The molecule has 1 aliphatic carbocycles. The van der Waals surface area contributed by atoms with Crippen LogP contribution in [0.2, 0.25) is 0 Å². The third kappa shape index (κ3) is 2.60. The molecule has 2 amide bonds. The maximum atomic E-state index is 12.4. The summed E-state index contributed by atoms with van der Waals surface area (Å²) in [6.45, 7) is 0.980. The lowest BCUT2D eigenvalue weighted by Crippen LogP contribution is -2.40. The molecule has 6 heteroatoms. The number of fused-ring (bicyclic) bond motifs is 1. The fraction of sp³-hybridized carbons (Fsp3) is 0.667. The number of hydrogen-bond acceptors (Lipinski definition) is 4. The predicted molar refractivity (Wildman–Crippen MR) is 76.8 cm³/mol. The molecule has 2 heterocycles. The fourth-order valence-electron chi connectivity index (χ4n) is 3.45. The summed E-state index contributed by atoms with van der Waals surface area (Å²) >= 11 is 0. The Morgan fingerprint density at radius 1 is 1.24 bits per heavy atom. The van der Waals surface area contributed by atoms with Crippen LogP contribution in [0.15, 0.2) is 12.4 Å². The lowest BCUT2D eigenvalue weighted by Gasteiger charge is -2.23. The highest BCUT2D eigenvalue weighted by atomic mass is 16.2. The molecule has 0 bridgehead atoms. The lowest BCUT2D eigenvalue weighted by molar-refractivity contribution is -0.142. The molecule has 1 aromatic rings. The molecule has 1 saturated heterocycles. The second kappa shape index (κ2) is 5.60. The molecule has 2 fully saturated rings. The summed E-state index contributed by atoms with van der Waals surface area (Å²) in [7, 11) is 3.86. The second-order valence-electron chi connectivity index (χ2n) is 6.21. The molecule has 1 saturated carbocycles. The second-order valence-corrected chi connectivity index (χ2v) is 6.21. The Hall–Kier alpha value is -1.69. The van der Waals surface area contributed by atoms with Crippen molar-refractivity contribution >= 4 is 11.8 Å². The first-order chi connectivity index (χ1) is 10.1. The van der Waals surface area contributed by atoms with Gasteiger partial charge < -0.3 is 4.57 Å². The highest BCUT2D eigenvalue weighted by Crippen LogP contribution is 2.37. The van der Waals surface area contributed by atoms with E-state index in [1.54, 1.807) is 6.20 Å². The Balaban J connectivity index is 1.65. The summed E-state index contributed by atoms with van der Waals surface area (Å²) in [6, 6.07) is 0. The molecule has 0 spiro atoms. The molecule has 3 rings (SSSR count).